The summed E-state index contributed by atoms with van der Waals surface area (Å²) in [5.41, 5.74) is 0. The predicted molar refractivity (Wildman–Crippen MR) is 82.6 cm³/mol. The van der Waals surface area contributed by atoms with Crippen LogP contribution in [0.4, 0.5) is 0 Å². The van der Waals surface area contributed by atoms with Crippen LogP contribution in [-0.4, -0.2) is 61.2 Å². The van der Waals surface area contributed by atoms with Crippen molar-refractivity contribution < 1.29 is 0 Å². The van der Waals surface area contributed by atoms with E-state index >= 15 is 0 Å². The Hall–Kier alpha value is -0.120. The molecule has 0 unspecified atom stereocenters. The maximum absolute atomic E-state index is 3.61. The molecule has 0 aromatic carbocycles. The van der Waals surface area contributed by atoms with E-state index in [2.05, 4.69) is 36.0 Å². The van der Waals surface area contributed by atoms with E-state index in [4.69, 9.17) is 0 Å². The summed E-state index contributed by atoms with van der Waals surface area (Å²) < 4.78 is 0. The van der Waals surface area contributed by atoms with Crippen LogP contribution in [0.1, 0.15) is 52.4 Å². The SMILES string of the molecule is CCNC1CCC(N(C)C2CCN(CC)CC2)CC1. The van der Waals surface area contributed by atoms with Gasteiger partial charge in [-0.25, -0.2) is 0 Å². The van der Waals surface area contributed by atoms with Gasteiger partial charge in [0.15, 0.2) is 0 Å². The number of nitrogens with one attached hydrogen (secondary N) is 1. The van der Waals surface area contributed by atoms with Crippen molar-refractivity contribution in [1.82, 2.24) is 15.1 Å². The van der Waals surface area contributed by atoms with Crippen LogP contribution < -0.4 is 5.32 Å². The minimum absolute atomic E-state index is 0.789. The first-order valence-corrected chi connectivity index (χ1v) is 8.42. The van der Waals surface area contributed by atoms with E-state index in [1.54, 1.807) is 0 Å². The highest BCUT2D eigenvalue weighted by Crippen LogP contribution is 2.26. The maximum Gasteiger partial charge on any atom is 0.0119 e. The number of nitrogens with zero attached hydrogens (tertiary/aromatic N) is 2. The van der Waals surface area contributed by atoms with E-state index in [9.17, 15) is 0 Å². The van der Waals surface area contributed by atoms with E-state index in [0.717, 1.165) is 24.7 Å². The Balaban J connectivity index is 1.73. The van der Waals surface area contributed by atoms with Gasteiger partial charge in [0.25, 0.3) is 0 Å². The molecule has 2 rings (SSSR count). The van der Waals surface area contributed by atoms with Crippen molar-refractivity contribution in [3.63, 3.8) is 0 Å². The summed E-state index contributed by atoms with van der Waals surface area (Å²) in [6.45, 7) is 9.47. The molecule has 0 aromatic rings. The zero-order chi connectivity index (χ0) is 13.7. The molecule has 0 radical (unpaired) electrons. The predicted octanol–water partition coefficient (Wildman–Crippen LogP) is 2.32. The largest absolute Gasteiger partial charge is 0.314 e. The van der Waals surface area contributed by atoms with Crippen LogP contribution in [0.15, 0.2) is 0 Å². The van der Waals surface area contributed by atoms with Crippen molar-refractivity contribution in [3.8, 4) is 0 Å². The van der Waals surface area contributed by atoms with E-state index in [-0.39, 0.29) is 0 Å². The summed E-state index contributed by atoms with van der Waals surface area (Å²) in [4.78, 5) is 5.31. The van der Waals surface area contributed by atoms with Gasteiger partial charge in [0, 0.05) is 18.1 Å². The number of rotatable bonds is 5. The molecule has 3 nitrogen and oxygen atoms in total. The number of piperidine rings is 1. The second kappa shape index (κ2) is 7.61. The van der Waals surface area contributed by atoms with Gasteiger partial charge in [0.2, 0.25) is 0 Å². The monoisotopic (exact) mass is 267 g/mol. The summed E-state index contributed by atoms with van der Waals surface area (Å²) in [7, 11) is 2.38. The molecule has 0 bridgehead atoms. The van der Waals surface area contributed by atoms with Gasteiger partial charge in [0.05, 0.1) is 0 Å². The van der Waals surface area contributed by atoms with Crippen LogP contribution in [0, 0.1) is 0 Å². The van der Waals surface area contributed by atoms with Crippen molar-refractivity contribution in [2.75, 3.05) is 33.2 Å². The van der Waals surface area contributed by atoms with Crippen LogP contribution in [0.5, 0.6) is 0 Å². The molecule has 1 aliphatic heterocycles. The molecule has 19 heavy (non-hydrogen) atoms. The van der Waals surface area contributed by atoms with Gasteiger partial charge < -0.3 is 15.1 Å². The van der Waals surface area contributed by atoms with Crippen LogP contribution in [-0.2, 0) is 0 Å². The minimum Gasteiger partial charge on any atom is -0.314 e. The molecule has 1 saturated carbocycles. The molecular formula is C16H33N3. The Morgan fingerprint density at radius 1 is 0.947 bits per heavy atom. The Morgan fingerprint density at radius 3 is 2.05 bits per heavy atom. The third kappa shape index (κ3) is 4.17. The van der Waals surface area contributed by atoms with E-state index in [1.807, 2.05) is 0 Å². The number of hydrogen-bond donors (Lipinski definition) is 1. The molecule has 1 N–H and O–H groups in total. The first-order valence-electron chi connectivity index (χ1n) is 8.42. The molecular weight excluding hydrogens is 234 g/mol. The standard InChI is InChI=1S/C16H33N3/c1-4-17-14-6-8-15(9-7-14)18(3)16-10-12-19(5-2)13-11-16/h14-17H,4-13H2,1-3H3. The highest BCUT2D eigenvalue weighted by atomic mass is 15.2. The quantitative estimate of drug-likeness (QED) is 0.825. The van der Waals surface area contributed by atoms with E-state index in [0.29, 0.717) is 0 Å². The average Bonchev–Trinajstić information content (AvgIpc) is 2.48. The average molecular weight is 267 g/mol. The Labute approximate surface area is 119 Å². The zero-order valence-corrected chi connectivity index (χ0v) is 13.2. The highest BCUT2D eigenvalue weighted by Gasteiger charge is 2.29. The molecule has 2 aliphatic rings. The van der Waals surface area contributed by atoms with Crippen molar-refractivity contribution in [2.24, 2.45) is 0 Å². The molecule has 0 spiro atoms. The molecule has 0 aromatic heterocycles. The van der Waals surface area contributed by atoms with Crippen molar-refractivity contribution in [3.05, 3.63) is 0 Å². The summed E-state index contributed by atoms with van der Waals surface area (Å²) in [5, 5.41) is 3.61. The van der Waals surface area contributed by atoms with Crippen LogP contribution in [0.3, 0.4) is 0 Å². The third-order valence-corrected chi connectivity index (χ3v) is 5.35. The summed E-state index contributed by atoms with van der Waals surface area (Å²) in [6, 6.07) is 2.47. The lowest BCUT2D eigenvalue weighted by Crippen LogP contribution is -2.49. The normalized spacial score (nSPS) is 30.9. The molecule has 112 valence electrons. The molecule has 0 atom stereocenters. The smallest absolute Gasteiger partial charge is 0.0119 e. The summed E-state index contributed by atoms with van der Waals surface area (Å²) in [6.07, 6.45) is 8.27. The maximum atomic E-state index is 3.61. The fourth-order valence-electron chi connectivity index (χ4n) is 3.92. The zero-order valence-electron chi connectivity index (χ0n) is 13.2. The summed E-state index contributed by atoms with van der Waals surface area (Å²) >= 11 is 0. The minimum atomic E-state index is 0.789. The summed E-state index contributed by atoms with van der Waals surface area (Å²) in [5.74, 6) is 0. The molecule has 0 amide bonds. The third-order valence-electron chi connectivity index (χ3n) is 5.35. The van der Waals surface area contributed by atoms with Crippen molar-refractivity contribution in [1.29, 1.82) is 0 Å². The number of hydrogen-bond acceptors (Lipinski definition) is 3. The van der Waals surface area contributed by atoms with Gasteiger partial charge in [-0.3, -0.25) is 0 Å². The first kappa shape index (κ1) is 15.3. The fraction of sp³-hybridized carbons (Fsp3) is 1.00. The van der Waals surface area contributed by atoms with Gasteiger partial charge in [-0.15, -0.1) is 0 Å². The van der Waals surface area contributed by atoms with E-state index in [1.165, 1.54) is 58.2 Å². The van der Waals surface area contributed by atoms with Crippen LogP contribution >= 0.6 is 0 Å². The Bertz CT molecular complexity index is 240. The molecule has 2 fully saturated rings. The van der Waals surface area contributed by atoms with Gasteiger partial charge in [-0.2, -0.15) is 0 Å². The molecule has 1 saturated heterocycles. The Morgan fingerprint density at radius 2 is 1.53 bits per heavy atom. The molecule has 1 heterocycles. The van der Waals surface area contributed by atoms with Gasteiger partial charge >= 0.3 is 0 Å². The second-order valence-corrected chi connectivity index (χ2v) is 6.39. The van der Waals surface area contributed by atoms with Crippen molar-refractivity contribution >= 4 is 0 Å². The second-order valence-electron chi connectivity index (χ2n) is 6.39. The van der Waals surface area contributed by atoms with Gasteiger partial charge in [-0.1, -0.05) is 13.8 Å². The highest BCUT2D eigenvalue weighted by molar-refractivity contribution is 4.86. The van der Waals surface area contributed by atoms with E-state index < -0.39 is 0 Å². The lowest BCUT2D eigenvalue weighted by atomic mass is 9.88. The van der Waals surface area contributed by atoms with Gasteiger partial charge in [-0.05, 0) is 71.8 Å². The lowest BCUT2D eigenvalue weighted by Gasteiger charge is -2.42. The van der Waals surface area contributed by atoms with Crippen LogP contribution in [0.25, 0.3) is 0 Å². The molecule has 1 aliphatic carbocycles. The fourth-order valence-corrected chi connectivity index (χ4v) is 3.92. The first-order chi connectivity index (χ1) is 9.24. The van der Waals surface area contributed by atoms with Crippen molar-refractivity contribution in [2.45, 2.75) is 70.5 Å². The topological polar surface area (TPSA) is 18.5 Å². The molecule has 3 heteroatoms. The van der Waals surface area contributed by atoms with Crippen LogP contribution in [0.2, 0.25) is 0 Å². The Kier molecular flexibility index (Phi) is 6.11. The lowest BCUT2D eigenvalue weighted by molar-refractivity contribution is 0.0772. The van der Waals surface area contributed by atoms with Gasteiger partial charge in [0.1, 0.15) is 0 Å². The number of likely N-dealkylation sites (tertiary alicyclic amines) is 1.